The van der Waals surface area contributed by atoms with E-state index in [9.17, 15) is 22.4 Å². The Balaban J connectivity index is 1.60. The van der Waals surface area contributed by atoms with Gasteiger partial charge in [0.1, 0.15) is 5.82 Å². The summed E-state index contributed by atoms with van der Waals surface area (Å²) in [7, 11) is -2.39. The number of nitrogens with zero attached hydrogens (tertiary/aromatic N) is 3. The SMILES string of the molecule is COC1CN(CCc2ccc(-c3cc4ncn(CCC(C)(C(=O)NO)S(C)(=O)=O)c(=O)c4cc3F)c(F)c2F)C1. The lowest BCUT2D eigenvalue weighted by Crippen LogP contribution is -2.52. The Hall–Kier alpha value is -3.33. The van der Waals surface area contributed by atoms with Crippen LogP contribution < -0.4 is 11.0 Å². The molecular weight excluding hydrogens is 553 g/mol. The average Bonchev–Trinajstić information content (AvgIpc) is 2.88. The number of hydroxylamine groups is 1. The Labute approximate surface area is 228 Å². The van der Waals surface area contributed by atoms with E-state index in [4.69, 9.17) is 9.94 Å². The molecule has 1 atom stereocenters. The average molecular weight is 583 g/mol. The number of hydrogen-bond donors (Lipinski definition) is 2. The van der Waals surface area contributed by atoms with Crippen LogP contribution in [0.5, 0.6) is 0 Å². The smallest absolute Gasteiger partial charge is 0.264 e. The highest BCUT2D eigenvalue weighted by Crippen LogP contribution is 2.31. The molecule has 1 amide bonds. The molecule has 3 aromatic rings. The van der Waals surface area contributed by atoms with Crippen LogP contribution in [0.25, 0.3) is 22.0 Å². The standard InChI is InChI=1S/C26H29F3N4O6S/c1-26(25(35)31-36,40(3,37)38)7-9-33-14-30-21-11-18(20(27)10-19(21)24(33)34)17-5-4-15(22(28)23(17)29)6-8-32-12-16(13-32)39-2/h4-5,10-11,14,16,36H,6-9,12-13H2,1-3H3,(H,31,35). The van der Waals surface area contributed by atoms with Crippen molar-refractivity contribution in [1.29, 1.82) is 0 Å². The molecule has 40 heavy (non-hydrogen) atoms. The van der Waals surface area contributed by atoms with Crippen molar-refractivity contribution in [3.05, 3.63) is 64.0 Å². The van der Waals surface area contributed by atoms with Crippen molar-refractivity contribution in [1.82, 2.24) is 19.9 Å². The molecule has 0 aliphatic carbocycles. The van der Waals surface area contributed by atoms with Crippen molar-refractivity contribution in [3.63, 3.8) is 0 Å². The molecule has 0 radical (unpaired) electrons. The second-order valence-corrected chi connectivity index (χ2v) is 12.5. The summed E-state index contributed by atoms with van der Waals surface area (Å²) in [4.78, 5) is 31.2. The summed E-state index contributed by atoms with van der Waals surface area (Å²) < 4.78 is 73.6. The van der Waals surface area contributed by atoms with Crippen molar-refractivity contribution in [2.45, 2.75) is 37.2 Å². The minimum absolute atomic E-state index is 0.00555. The molecular formula is C26H29F3N4O6S. The molecule has 216 valence electrons. The van der Waals surface area contributed by atoms with Gasteiger partial charge in [0, 0.05) is 50.7 Å². The number of carbonyl (C=O) groups is 1. The predicted octanol–water partition coefficient (Wildman–Crippen LogP) is 2.05. The lowest BCUT2D eigenvalue weighted by molar-refractivity contribution is -0.131. The number of benzene rings is 2. The molecule has 2 N–H and O–H groups in total. The van der Waals surface area contributed by atoms with Gasteiger partial charge in [-0.25, -0.2) is 32.1 Å². The third kappa shape index (κ3) is 5.48. The van der Waals surface area contributed by atoms with Gasteiger partial charge in [-0.15, -0.1) is 0 Å². The van der Waals surface area contributed by atoms with E-state index in [1.807, 2.05) is 4.90 Å². The number of ether oxygens (including phenoxy) is 1. The number of hydrogen-bond acceptors (Lipinski definition) is 8. The van der Waals surface area contributed by atoms with Crippen LogP contribution in [0, 0.1) is 17.5 Å². The minimum Gasteiger partial charge on any atom is -0.379 e. The maximum absolute atomic E-state index is 15.1. The molecule has 1 aromatic heterocycles. The van der Waals surface area contributed by atoms with Gasteiger partial charge in [-0.1, -0.05) is 12.1 Å². The van der Waals surface area contributed by atoms with E-state index in [-0.39, 0.29) is 46.7 Å². The van der Waals surface area contributed by atoms with Crippen molar-refractivity contribution in [3.8, 4) is 11.1 Å². The number of halogens is 3. The monoisotopic (exact) mass is 582 g/mol. The molecule has 14 heteroatoms. The molecule has 1 fully saturated rings. The van der Waals surface area contributed by atoms with Crippen LogP contribution in [0.1, 0.15) is 18.9 Å². The number of rotatable bonds is 10. The molecule has 1 unspecified atom stereocenters. The Bertz CT molecular complexity index is 1620. The zero-order valence-electron chi connectivity index (χ0n) is 22.1. The van der Waals surface area contributed by atoms with Crippen LogP contribution in [0.4, 0.5) is 13.2 Å². The first-order valence-electron chi connectivity index (χ1n) is 12.4. The van der Waals surface area contributed by atoms with Gasteiger partial charge in [-0.3, -0.25) is 24.3 Å². The normalized spacial score (nSPS) is 16.1. The highest BCUT2D eigenvalue weighted by Gasteiger charge is 2.43. The van der Waals surface area contributed by atoms with E-state index in [2.05, 4.69) is 4.98 Å². The number of sulfone groups is 1. The number of nitrogens with one attached hydrogen (secondary N) is 1. The van der Waals surface area contributed by atoms with Gasteiger partial charge in [0.25, 0.3) is 11.5 Å². The zero-order chi connectivity index (χ0) is 29.4. The molecule has 2 heterocycles. The number of methoxy groups -OCH3 is 1. The molecule has 1 aliphatic rings. The van der Waals surface area contributed by atoms with Crippen LogP contribution in [0.2, 0.25) is 0 Å². The first-order valence-corrected chi connectivity index (χ1v) is 14.2. The van der Waals surface area contributed by atoms with Gasteiger partial charge < -0.3 is 4.74 Å². The Kier molecular flexibility index (Phi) is 8.36. The third-order valence-corrected chi connectivity index (χ3v) is 9.58. The van der Waals surface area contributed by atoms with E-state index in [0.29, 0.717) is 19.6 Å². The quantitative estimate of drug-likeness (QED) is 0.275. The number of carbonyl (C=O) groups excluding carboxylic acids is 1. The summed E-state index contributed by atoms with van der Waals surface area (Å²) in [5.41, 5.74) is 0.135. The molecule has 0 bridgehead atoms. The molecule has 2 aromatic carbocycles. The van der Waals surface area contributed by atoms with Gasteiger partial charge in [-0.2, -0.15) is 0 Å². The summed E-state index contributed by atoms with van der Waals surface area (Å²) in [5.74, 6) is -4.45. The summed E-state index contributed by atoms with van der Waals surface area (Å²) in [6.45, 7) is 2.74. The first kappa shape index (κ1) is 29.6. The summed E-state index contributed by atoms with van der Waals surface area (Å²) in [6.07, 6.45) is 1.90. The van der Waals surface area contributed by atoms with Crippen molar-refractivity contribution in [2.24, 2.45) is 0 Å². The van der Waals surface area contributed by atoms with E-state index < -0.39 is 49.9 Å². The van der Waals surface area contributed by atoms with E-state index >= 15 is 8.78 Å². The molecule has 0 saturated carbocycles. The summed E-state index contributed by atoms with van der Waals surface area (Å²) >= 11 is 0. The van der Waals surface area contributed by atoms with Crippen molar-refractivity contribution < 1.29 is 36.3 Å². The third-order valence-electron chi connectivity index (χ3n) is 7.55. The Morgan fingerprint density at radius 1 is 1.18 bits per heavy atom. The number of likely N-dealkylation sites (tertiary alicyclic amines) is 1. The number of aryl methyl sites for hydroxylation is 1. The zero-order valence-corrected chi connectivity index (χ0v) is 22.9. The molecule has 10 nitrogen and oxygen atoms in total. The minimum atomic E-state index is -4.01. The fraction of sp³-hybridized carbons (Fsp3) is 0.423. The van der Waals surface area contributed by atoms with Gasteiger partial charge in [0.15, 0.2) is 26.2 Å². The van der Waals surface area contributed by atoms with Crippen LogP contribution in [-0.4, -0.2) is 77.8 Å². The van der Waals surface area contributed by atoms with Gasteiger partial charge in [0.2, 0.25) is 0 Å². The summed E-state index contributed by atoms with van der Waals surface area (Å²) in [6, 6.07) is 4.68. The largest absolute Gasteiger partial charge is 0.379 e. The second kappa shape index (κ2) is 11.3. The highest BCUT2D eigenvalue weighted by molar-refractivity contribution is 7.92. The predicted molar refractivity (Wildman–Crippen MR) is 140 cm³/mol. The molecule has 4 rings (SSSR count). The summed E-state index contributed by atoms with van der Waals surface area (Å²) in [5, 5.41) is 8.78. The number of amides is 1. The van der Waals surface area contributed by atoms with Crippen LogP contribution in [0.15, 0.2) is 35.4 Å². The lowest BCUT2D eigenvalue weighted by atomic mass is 9.99. The van der Waals surface area contributed by atoms with Crippen LogP contribution in [-0.2, 0) is 32.3 Å². The second-order valence-electron chi connectivity index (χ2n) is 10.1. The molecule has 1 saturated heterocycles. The highest BCUT2D eigenvalue weighted by atomic mass is 32.2. The van der Waals surface area contributed by atoms with Gasteiger partial charge in [-0.05, 0) is 37.5 Å². The Morgan fingerprint density at radius 2 is 1.88 bits per heavy atom. The maximum Gasteiger partial charge on any atom is 0.264 e. The maximum atomic E-state index is 15.1. The van der Waals surface area contributed by atoms with E-state index in [1.54, 1.807) is 7.11 Å². The van der Waals surface area contributed by atoms with Gasteiger partial charge in [0.05, 0.1) is 23.3 Å². The number of fused-ring (bicyclic) bond motifs is 1. The van der Waals surface area contributed by atoms with E-state index in [1.165, 1.54) is 17.6 Å². The fourth-order valence-electron chi connectivity index (χ4n) is 4.59. The van der Waals surface area contributed by atoms with Gasteiger partial charge >= 0.3 is 0 Å². The molecule has 0 spiro atoms. The van der Waals surface area contributed by atoms with Crippen LogP contribution in [0.3, 0.4) is 0 Å². The molecule has 1 aliphatic heterocycles. The Morgan fingerprint density at radius 3 is 2.50 bits per heavy atom. The number of aromatic nitrogens is 2. The van der Waals surface area contributed by atoms with E-state index in [0.717, 1.165) is 36.2 Å². The van der Waals surface area contributed by atoms with Crippen LogP contribution >= 0.6 is 0 Å². The lowest BCUT2D eigenvalue weighted by Gasteiger charge is -2.38. The van der Waals surface area contributed by atoms with Crippen molar-refractivity contribution >= 4 is 26.6 Å². The van der Waals surface area contributed by atoms with Crippen molar-refractivity contribution in [2.75, 3.05) is 33.0 Å². The fourth-order valence-corrected chi connectivity index (χ4v) is 5.43. The first-order chi connectivity index (χ1) is 18.8. The topological polar surface area (TPSA) is 131 Å².